The number of ether oxygens (including phenoxy) is 5. The van der Waals surface area contributed by atoms with Crippen LogP contribution in [-0.4, -0.2) is 56.4 Å². The molecule has 1 aliphatic heterocycles. The van der Waals surface area contributed by atoms with Crippen molar-refractivity contribution in [1.29, 1.82) is 0 Å². The van der Waals surface area contributed by atoms with Crippen molar-refractivity contribution in [3.63, 3.8) is 0 Å². The number of unbranched alkanes of at least 4 members (excludes halogenated alkanes) is 1. The number of hydrogen-bond donors (Lipinski definition) is 1. The van der Waals surface area contributed by atoms with Crippen LogP contribution < -0.4 is 24.3 Å². The molecule has 0 bridgehead atoms. The number of allylic oxidation sites excluding steroid dienone is 1. The minimum absolute atomic E-state index is 0.0859. The lowest BCUT2D eigenvalue weighted by Gasteiger charge is -2.32. The summed E-state index contributed by atoms with van der Waals surface area (Å²) in [4.78, 5) is 17.3. The van der Waals surface area contributed by atoms with Crippen molar-refractivity contribution in [3.05, 3.63) is 69.2 Å². The molecule has 12 heteroatoms. The van der Waals surface area contributed by atoms with Crippen LogP contribution in [0.25, 0.3) is 0 Å². The maximum atomic E-state index is 12.2. The van der Waals surface area contributed by atoms with Crippen LogP contribution in [-0.2, 0) is 17.8 Å². The van der Waals surface area contributed by atoms with Gasteiger partial charge in [0.25, 0.3) is 0 Å². The first-order valence-corrected chi connectivity index (χ1v) is 12.3. The molecule has 1 atom stereocenters. The highest BCUT2D eigenvalue weighted by molar-refractivity contribution is 6.69. The van der Waals surface area contributed by atoms with Gasteiger partial charge in [-0.1, -0.05) is 24.9 Å². The molecule has 0 radical (unpaired) electrons. The first kappa shape index (κ1) is 27.3. The molecule has 2 aromatic rings. The average Bonchev–Trinajstić information content (AvgIpc) is 2.94. The molecule has 0 spiro atoms. The van der Waals surface area contributed by atoms with Crippen LogP contribution in [0.2, 0.25) is 1.41 Å². The van der Waals surface area contributed by atoms with Crippen LogP contribution in [0.5, 0.6) is 23.0 Å². The van der Waals surface area contributed by atoms with Gasteiger partial charge in [-0.25, -0.2) is 4.99 Å². The number of nitrogens with zero attached hydrogens (tertiary/aromatic N) is 3. The van der Waals surface area contributed by atoms with Crippen molar-refractivity contribution < 1.29 is 30.0 Å². The summed E-state index contributed by atoms with van der Waals surface area (Å²) in [6, 6.07) is 10.5. The first-order valence-electron chi connectivity index (χ1n) is 12.4. The zero-order valence-corrected chi connectivity index (χ0v) is 22.9. The summed E-state index contributed by atoms with van der Waals surface area (Å²) in [5.74, 6) is 2.10. The van der Waals surface area contributed by atoms with Gasteiger partial charge in [-0.2, -0.15) is 0 Å². The van der Waals surface area contributed by atoms with Crippen LogP contribution in [0, 0.1) is 10.1 Å². The Morgan fingerprint density at radius 3 is 2.03 bits per heavy atom. The van der Waals surface area contributed by atoms with E-state index in [1.165, 1.54) is 14.2 Å². The fourth-order valence-electron chi connectivity index (χ4n) is 3.82. The molecule has 0 aliphatic carbocycles. The predicted molar refractivity (Wildman–Crippen MR) is 143 cm³/mol. The molecule has 0 saturated heterocycles. The topological polar surface area (TPSA) is 117 Å². The van der Waals surface area contributed by atoms with Gasteiger partial charge in [0.05, 0.1) is 40.0 Å². The van der Waals surface area contributed by atoms with Gasteiger partial charge in [0, 0.05) is 36.3 Å². The lowest BCUT2D eigenvalue weighted by Crippen LogP contribution is -2.44. The Bertz CT molecular complexity index is 1170. The smallest absolute Gasteiger partial charge is 0.345 e. The van der Waals surface area contributed by atoms with E-state index in [1.807, 2.05) is 6.92 Å². The van der Waals surface area contributed by atoms with E-state index in [0.29, 0.717) is 40.7 Å². The van der Waals surface area contributed by atoms with Gasteiger partial charge in [-0.15, -0.1) is 0 Å². The van der Waals surface area contributed by atoms with Crippen molar-refractivity contribution in [2.24, 2.45) is 4.99 Å². The molecule has 3 rings (SSSR count). The van der Waals surface area contributed by atoms with E-state index in [1.54, 1.807) is 55.5 Å². The molecule has 0 saturated carbocycles. The summed E-state index contributed by atoms with van der Waals surface area (Å²) < 4.78 is 36.4. The number of rotatable bonds is 14. The quantitative estimate of drug-likeness (QED) is 0.206. The molecule has 206 valence electrons. The SMILES string of the molecule is [2H]N1C(N(Cc2ccc(OC)cc2OC)Cc2ccc(OC)cc2OC)=C([N+](=O)[O-])C(Cl)=NC1OCCCC. The fraction of sp³-hybridized carbons (Fsp3) is 0.423. The van der Waals surface area contributed by atoms with E-state index < -0.39 is 17.0 Å². The minimum atomic E-state index is -1.17. The summed E-state index contributed by atoms with van der Waals surface area (Å²) in [5, 5.41) is 12.8. The Hall–Kier alpha value is -3.70. The van der Waals surface area contributed by atoms with E-state index in [4.69, 9.17) is 36.7 Å². The Kier molecular flexibility index (Phi) is 9.88. The maximum absolute atomic E-state index is 12.2. The lowest BCUT2D eigenvalue weighted by atomic mass is 10.1. The largest absolute Gasteiger partial charge is 0.497 e. The van der Waals surface area contributed by atoms with Gasteiger partial charge in [0.15, 0.2) is 7.23 Å². The fourth-order valence-corrected chi connectivity index (χ4v) is 4.06. The third-order valence-corrected chi connectivity index (χ3v) is 6.10. The molecule has 1 heterocycles. The minimum Gasteiger partial charge on any atom is -0.497 e. The van der Waals surface area contributed by atoms with E-state index in [-0.39, 0.29) is 24.1 Å². The first-order chi connectivity index (χ1) is 18.8. The standard InChI is InChI=1S/C26H33ClN4O7/c1-6-7-12-38-26-28-24(27)23(31(32)33)25(29-26)30(15-17-8-10-19(34-2)13-21(17)36-4)16-18-9-11-20(35-3)14-22(18)37-5/h8-11,13-14,26,29H,6-7,12,15-16H2,1-5H3/i/hD. The third-order valence-electron chi connectivity index (χ3n) is 5.82. The van der Waals surface area contributed by atoms with Crippen LogP contribution >= 0.6 is 11.6 Å². The molecule has 2 aromatic carbocycles. The number of hydrogen-bond acceptors (Lipinski definition) is 10. The Morgan fingerprint density at radius 2 is 1.58 bits per heavy atom. The molecule has 1 aliphatic rings. The lowest BCUT2D eigenvalue weighted by molar-refractivity contribution is -0.417. The van der Waals surface area contributed by atoms with Gasteiger partial charge in [-0.3, -0.25) is 10.1 Å². The number of nitrogens with one attached hydrogen (secondary N) is 1. The summed E-state index contributed by atoms with van der Waals surface area (Å²) >= 11 is 6.34. The van der Waals surface area contributed by atoms with E-state index in [0.717, 1.165) is 18.2 Å². The second-order valence-corrected chi connectivity index (χ2v) is 8.60. The van der Waals surface area contributed by atoms with Gasteiger partial charge in [-0.05, 0) is 30.7 Å². The monoisotopic (exact) mass is 549 g/mol. The number of nitro groups is 1. The molecular weight excluding hydrogens is 516 g/mol. The van der Waals surface area contributed by atoms with E-state index in [2.05, 4.69) is 4.99 Å². The zero-order valence-electron chi connectivity index (χ0n) is 23.1. The summed E-state index contributed by atoms with van der Waals surface area (Å²) in [5.41, 5.74) is 0.870. The van der Waals surface area contributed by atoms with Gasteiger partial charge >= 0.3 is 5.70 Å². The van der Waals surface area contributed by atoms with Crippen molar-refractivity contribution in [3.8, 4) is 23.0 Å². The Morgan fingerprint density at radius 1 is 1.03 bits per heavy atom. The number of methoxy groups -OCH3 is 4. The number of benzene rings is 2. The molecule has 11 nitrogen and oxygen atoms in total. The zero-order chi connectivity index (χ0) is 28.5. The molecule has 1 N–H and O–H groups in total. The van der Waals surface area contributed by atoms with Crippen molar-refractivity contribution in [1.82, 2.24) is 10.2 Å². The summed E-state index contributed by atoms with van der Waals surface area (Å²) in [6.45, 7) is 2.53. The van der Waals surface area contributed by atoms with Crippen LogP contribution in [0.15, 0.2) is 52.9 Å². The Labute approximate surface area is 228 Å². The highest BCUT2D eigenvalue weighted by atomic mass is 35.5. The maximum Gasteiger partial charge on any atom is 0.345 e. The van der Waals surface area contributed by atoms with Crippen LogP contribution in [0.1, 0.15) is 30.9 Å². The average molecular weight is 550 g/mol. The summed E-state index contributed by atoms with van der Waals surface area (Å²) in [7, 11) is 6.14. The second kappa shape index (κ2) is 13.7. The normalized spacial score (nSPS) is 15.5. The third kappa shape index (κ3) is 6.99. The summed E-state index contributed by atoms with van der Waals surface area (Å²) in [6.07, 6.45) is 0.431. The van der Waals surface area contributed by atoms with Crippen LogP contribution in [0.4, 0.5) is 0 Å². The van der Waals surface area contributed by atoms with E-state index >= 15 is 0 Å². The number of halogens is 1. The second-order valence-electron chi connectivity index (χ2n) is 8.24. The molecular formula is C26H33ClN4O7. The van der Waals surface area contributed by atoms with Crippen molar-refractivity contribution in [2.75, 3.05) is 35.0 Å². The highest BCUT2D eigenvalue weighted by Crippen LogP contribution is 2.32. The molecule has 1 unspecified atom stereocenters. The van der Waals surface area contributed by atoms with Crippen molar-refractivity contribution >= 4 is 16.8 Å². The number of aliphatic imine (C=N–C) groups is 1. The molecule has 0 fully saturated rings. The van der Waals surface area contributed by atoms with Crippen LogP contribution in [0.3, 0.4) is 0 Å². The predicted octanol–water partition coefficient (Wildman–Crippen LogP) is 4.51. The molecule has 0 aromatic heterocycles. The van der Waals surface area contributed by atoms with Gasteiger partial charge in [0.2, 0.25) is 11.5 Å². The van der Waals surface area contributed by atoms with Gasteiger partial charge in [0.1, 0.15) is 23.0 Å². The Balaban J connectivity index is 2.15. The molecule has 0 amide bonds. The highest BCUT2D eigenvalue weighted by Gasteiger charge is 2.35. The van der Waals surface area contributed by atoms with Crippen molar-refractivity contribution in [2.45, 2.75) is 39.2 Å². The van der Waals surface area contributed by atoms with Gasteiger partial charge < -0.3 is 33.9 Å². The molecule has 38 heavy (non-hydrogen) atoms. The van der Waals surface area contributed by atoms with E-state index in [9.17, 15) is 10.1 Å².